The Morgan fingerprint density at radius 3 is 1.27 bits per heavy atom. The summed E-state index contributed by atoms with van der Waals surface area (Å²) in [4.78, 5) is 0. The zero-order valence-corrected chi connectivity index (χ0v) is 14.4. The molecule has 2 aromatic rings. The highest BCUT2D eigenvalue weighted by Gasteiger charge is 2.23. The molecular formula is C20H26O2. The first-order chi connectivity index (χ1) is 10.2. The Morgan fingerprint density at radius 2 is 0.955 bits per heavy atom. The lowest BCUT2D eigenvalue weighted by Gasteiger charge is -2.24. The molecule has 0 aliphatic rings. The molecule has 2 nitrogen and oxygen atoms in total. The minimum absolute atomic E-state index is 0.116. The van der Waals surface area contributed by atoms with Gasteiger partial charge in [0.15, 0.2) is 0 Å². The third kappa shape index (κ3) is 2.96. The maximum absolute atomic E-state index is 10.4. The van der Waals surface area contributed by atoms with Crippen molar-refractivity contribution in [3.05, 3.63) is 57.6 Å². The van der Waals surface area contributed by atoms with Crippen molar-refractivity contribution in [1.82, 2.24) is 0 Å². The molecule has 22 heavy (non-hydrogen) atoms. The minimum atomic E-state index is 0.116. The number of benzene rings is 2. The molecular weight excluding hydrogens is 272 g/mol. The van der Waals surface area contributed by atoms with Crippen LogP contribution >= 0.6 is 0 Å². The molecule has 0 aliphatic carbocycles. The van der Waals surface area contributed by atoms with Crippen molar-refractivity contribution in [2.45, 2.75) is 53.4 Å². The third-order valence-corrected chi connectivity index (χ3v) is 4.68. The van der Waals surface area contributed by atoms with E-state index in [4.69, 9.17) is 0 Å². The van der Waals surface area contributed by atoms with Gasteiger partial charge in [-0.25, -0.2) is 0 Å². The molecule has 0 aromatic heterocycles. The summed E-state index contributed by atoms with van der Waals surface area (Å²) in [6, 6.07) is 8.07. The number of aromatic hydroxyl groups is 2. The smallest absolute Gasteiger partial charge is 0.121 e. The van der Waals surface area contributed by atoms with E-state index in [0.717, 1.165) is 33.4 Å². The Kier molecular flexibility index (Phi) is 4.50. The van der Waals surface area contributed by atoms with Gasteiger partial charge in [-0.1, -0.05) is 49.2 Å². The van der Waals surface area contributed by atoms with Crippen LogP contribution in [0.25, 0.3) is 0 Å². The van der Waals surface area contributed by atoms with Crippen LogP contribution in [0.2, 0.25) is 0 Å². The molecule has 2 atom stereocenters. The van der Waals surface area contributed by atoms with Gasteiger partial charge in [0.1, 0.15) is 11.5 Å². The second-order valence-corrected chi connectivity index (χ2v) is 6.62. The molecule has 0 saturated carbocycles. The molecule has 2 aromatic carbocycles. The van der Waals surface area contributed by atoms with Crippen molar-refractivity contribution in [1.29, 1.82) is 0 Å². The van der Waals surface area contributed by atoms with Gasteiger partial charge in [0.25, 0.3) is 0 Å². The molecule has 0 fully saturated rings. The van der Waals surface area contributed by atoms with Crippen LogP contribution in [0.15, 0.2) is 24.3 Å². The fourth-order valence-electron chi connectivity index (χ4n) is 3.22. The summed E-state index contributed by atoms with van der Waals surface area (Å²) in [5.41, 5.74) is 5.99. The summed E-state index contributed by atoms with van der Waals surface area (Å²) >= 11 is 0. The summed E-state index contributed by atoms with van der Waals surface area (Å²) in [6.45, 7) is 12.2. The lowest BCUT2D eigenvalue weighted by molar-refractivity contribution is 0.439. The average molecular weight is 298 g/mol. The number of hydrogen-bond acceptors (Lipinski definition) is 2. The molecule has 118 valence electrons. The van der Waals surface area contributed by atoms with Crippen molar-refractivity contribution < 1.29 is 10.2 Å². The highest BCUT2D eigenvalue weighted by molar-refractivity contribution is 5.49. The quantitative estimate of drug-likeness (QED) is 0.813. The Hall–Kier alpha value is -1.96. The van der Waals surface area contributed by atoms with E-state index in [-0.39, 0.29) is 11.8 Å². The number of hydrogen-bond donors (Lipinski definition) is 2. The molecule has 2 N–H and O–H groups in total. The lowest BCUT2D eigenvalue weighted by atomic mass is 9.81. The van der Waals surface area contributed by atoms with E-state index in [1.165, 1.54) is 0 Å². The standard InChI is InChI=1S/C20H26O2/c1-11-7-13(3)19(21)17(9-11)15(5)16(6)18-10-12(2)8-14(4)20(18)22/h7-10,15-16,21-22H,1-6H3. The van der Waals surface area contributed by atoms with Crippen LogP contribution in [0.5, 0.6) is 11.5 Å². The van der Waals surface area contributed by atoms with Gasteiger partial charge in [-0.15, -0.1) is 0 Å². The van der Waals surface area contributed by atoms with Gasteiger partial charge in [-0.05, 0) is 61.8 Å². The normalized spacial score (nSPS) is 13.9. The highest BCUT2D eigenvalue weighted by Crippen LogP contribution is 2.42. The van der Waals surface area contributed by atoms with E-state index < -0.39 is 0 Å². The van der Waals surface area contributed by atoms with Gasteiger partial charge in [0, 0.05) is 0 Å². The molecule has 0 spiro atoms. The molecule has 2 unspecified atom stereocenters. The molecule has 0 bridgehead atoms. The van der Waals surface area contributed by atoms with Gasteiger partial charge in [0.05, 0.1) is 0 Å². The monoisotopic (exact) mass is 298 g/mol. The maximum Gasteiger partial charge on any atom is 0.121 e. The third-order valence-electron chi connectivity index (χ3n) is 4.68. The van der Waals surface area contributed by atoms with E-state index >= 15 is 0 Å². The van der Waals surface area contributed by atoms with E-state index in [2.05, 4.69) is 13.8 Å². The number of aryl methyl sites for hydroxylation is 4. The Morgan fingerprint density at radius 1 is 0.636 bits per heavy atom. The highest BCUT2D eigenvalue weighted by atomic mass is 16.3. The van der Waals surface area contributed by atoms with Crippen LogP contribution in [0.4, 0.5) is 0 Å². The summed E-state index contributed by atoms with van der Waals surface area (Å²) in [5.74, 6) is 0.971. The molecule has 2 rings (SSSR count). The molecule has 0 amide bonds. The first kappa shape index (κ1) is 16.4. The summed E-state index contributed by atoms with van der Waals surface area (Å²) in [5, 5.41) is 20.8. The maximum atomic E-state index is 10.4. The van der Waals surface area contributed by atoms with Gasteiger partial charge in [-0.2, -0.15) is 0 Å². The van der Waals surface area contributed by atoms with Gasteiger partial charge in [-0.3, -0.25) is 0 Å². The zero-order valence-electron chi connectivity index (χ0n) is 14.4. The van der Waals surface area contributed by atoms with Gasteiger partial charge < -0.3 is 10.2 Å². The SMILES string of the molecule is Cc1cc(C)c(O)c(C(C)C(C)c2cc(C)cc(C)c2O)c1. The Balaban J connectivity index is 2.48. The van der Waals surface area contributed by atoms with Crippen LogP contribution in [0.1, 0.15) is 59.1 Å². The molecule has 2 heteroatoms. The molecule has 0 aliphatic heterocycles. The van der Waals surface area contributed by atoms with Crippen LogP contribution in [-0.2, 0) is 0 Å². The topological polar surface area (TPSA) is 40.5 Å². The van der Waals surface area contributed by atoms with Crippen molar-refractivity contribution in [3.63, 3.8) is 0 Å². The minimum Gasteiger partial charge on any atom is -0.507 e. The molecule has 0 saturated heterocycles. The summed E-state index contributed by atoms with van der Waals surface area (Å²) < 4.78 is 0. The van der Waals surface area contributed by atoms with Gasteiger partial charge in [0.2, 0.25) is 0 Å². The van der Waals surface area contributed by atoms with Crippen molar-refractivity contribution in [3.8, 4) is 11.5 Å². The predicted molar refractivity (Wildman–Crippen MR) is 92.0 cm³/mol. The predicted octanol–water partition coefficient (Wildman–Crippen LogP) is 5.24. The first-order valence-corrected chi connectivity index (χ1v) is 7.82. The van der Waals surface area contributed by atoms with Crippen LogP contribution in [-0.4, -0.2) is 10.2 Å². The fraction of sp³-hybridized carbons (Fsp3) is 0.400. The molecule has 0 heterocycles. The Bertz CT molecular complexity index is 640. The van der Waals surface area contributed by atoms with Crippen molar-refractivity contribution >= 4 is 0 Å². The summed E-state index contributed by atoms with van der Waals surface area (Å²) in [6.07, 6.45) is 0. The largest absolute Gasteiger partial charge is 0.507 e. The average Bonchev–Trinajstić information content (AvgIpc) is 2.45. The Labute approximate surface area is 133 Å². The van der Waals surface area contributed by atoms with E-state index in [1.54, 1.807) is 0 Å². The molecule has 0 radical (unpaired) electrons. The van der Waals surface area contributed by atoms with Crippen molar-refractivity contribution in [2.24, 2.45) is 0 Å². The fourth-order valence-corrected chi connectivity index (χ4v) is 3.22. The zero-order chi connectivity index (χ0) is 16.6. The van der Waals surface area contributed by atoms with Crippen LogP contribution in [0, 0.1) is 27.7 Å². The number of rotatable bonds is 3. The lowest BCUT2D eigenvalue weighted by Crippen LogP contribution is -2.07. The van der Waals surface area contributed by atoms with E-state index in [9.17, 15) is 10.2 Å². The van der Waals surface area contributed by atoms with E-state index in [0.29, 0.717) is 11.5 Å². The van der Waals surface area contributed by atoms with Crippen LogP contribution in [0.3, 0.4) is 0 Å². The number of phenolic OH excluding ortho intramolecular Hbond substituents is 2. The first-order valence-electron chi connectivity index (χ1n) is 7.82. The summed E-state index contributed by atoms with van der Waals surface area (Å²) in [7, 11) is 0. The number of phenols is 2. The second-order valence-electron chi connectivity index (χ2n) is 6.62. The van der Waals surface area contributed by atoms with Gasteiger partial charge >= 0.3 is 0 Å². The van der Waals surface area contributed by atoms with Crippen molar-refractivity contribution in [2.75, 3.05) is 0 Å². The second kappa shape index (κ2) is 6.04. The van der Waals surface area contributed by atoms with Crippen LogP contribution < -0.4 is 0 Å². The van der Waals surface area contributed by atoms with E-state index in [1.807, 2.05) is 52.0 Å².